The average Bonchev–Trinajstić information content (AvgIpc) is 2.36. The molecule has 1 aliphatic rings. The molecular weight excluding hydrogens is 264 g/mol. The lowest BCUT2D eigenvalue weighted by Gasteiger charge is -2.47. The van der Waals surface area contributed by atoms with Crippen LogP contribution in [0.1, 0.15) is 45.6 Å². The van der Waals surface area contributed by atoms with Crippen molar-refractivity contribution in [3.8, 4) is 0 Å². The fourth-order valence-corrected chi connectivity index (χ4v) is 3.38. The Labute approximate surface area is 127 Å². The number of ether oxygens (including phenoxy) is 1. The van der Waals surface area contributed by atoms with Crippen molar-refractivity contribution in [1.82, 2.24) is 0 Å². The third-order valence-corrected chi connectivity index (χ3v) is 4.23. The van der Waals surface area contributed by atoms with Crippen LogP contribution in [0.15, 0.2) is 18.2 Å². The number of fused-ring (bicyclic) bond motifs is 1. The molecule has 4 heteroatoms. The minimum Gasteiger partial charge on any atom is -0.383 e. The summed E-state index contributed by atoms with van der Waals surface area (Å²) in [5, 5.41) is 2.88. The molecule has 0 fully saturated rings. The zero-order valence-corrected chi connectivity index (χ0v) is 13.7. The molecule has 1 aromatic carbocycles. The molecule has 1 N–H and O–H groups in total. The van der Waals surface area contributed by atoms with E-state index in [9.17, 15) is 4.79 Å². The van der Waals surface area contributed by atoms with E-state index in [4.69, 9.17) is 4.74 Å². The first kappa shape index (κ1) is 15.8. The Bertz CT molecular complexity index is 526. The standard InChI is InChI=1S/C17H26N2O2/c1-12-11-17(3,4)19(8-9-21-5)16-10-14(18-13(2)20)6-7-15(12)16/h6-7,10,12H,8-9,11H2,1-5H3,(H,18,20). The van der Waals surface area contributed by atoms with Crippen LogP contribution in [0.2, 0.25) is 0 Å². The highest BCUT2D eigenvalue weighted by molar-refractivity contribution is 5.89. The number of carbonyl (C=O) groups is 1. The Morgan fingerprint density at radius 3 is 2.81 bits per heavy atom. The predicted octanol–water partition coefficient (Wildman–Crippen LogP) is 3.38. The lowest BCUT2D eigenvalue weighted by atomic mass is 9.80. The summed E-state index contributed by atoms with van der Waals surface area (Å²) in [6.07, 6.45) is 1.11. The van der Waals surface area contributed by atoms with E-state index >= 15 is 0 Å². The molecule has 21 heavy (non-hydrogen) atoms. The van der Waals surface area contributed by atoms with E-state index in [-0.39, 0.29) is 11.4 Å². The zero-order chi connectivity index (χ0) is 15.6. The molecule has 1 amide bonds. The number of anilines is 2. The van der Waals surface area contributed by atoms with Gasteiger partial charge in [0.25, 0.3) is 0 Å². The van der Waals surface area contributed by atoms with Gasteiger partial charge in [-0.15, -0.1) is 0 Å². The highest BCUT2D eigenvalue weighted by atomic mass is 16.5. The fraction of sp³-hybridized carbons (Fsp3) is 0.588. The van der Waals surface area contributed by atoms with Crippen molar-refractivity contribution in [1.29, 1.82) is 0 Å². The molecule has 1 atom stereocenters. The van der Waals surface area contributed by atoms with Gasteiger partial charge in [0.2, 0.25) is 5.91 Å². The van der Waals surface area contributed by atoms with E-state index in [1.165, 1.54) is 18.2 Å². The molecule has 1 heterocycles. The van der Waals surface area contributed by atoms with Crippen molar-refractivity contribution >= 4 is 17.3 Å². The molecule has 1 aromatic rings. The molecule has 0 saturated heterocycles. The second kappa shape index (κ2) is 6.06. The number of methoxy groups -OCH3 is 1. The van der Waals surface area contributed by atoms with Gasteiger partial charge in [0.05, 0.1) is 6.61 Å². The van der Waals surface area contributed by atoms with E-state index in [1.807, 2.05) is 6.07 Å². The molecular formula is C17H26N2O2. The summed E-state index contributed by atoms with van der Waals surface area (Å²) in [5.41, 5.74) is 3.50. The molecule has 1 unspecified atom stereocenters. The summed E-state index contributed by atoms with van der Waals surface area (Å²) in [6.45, 7) is 9.90. The topological polar surface area (TPSA) is 41.6 Å². The van der Waals surface area contributed by atoms with Crippen molar-refractivity contribution in [2.75, 3.05) is 30.5 Å². The van der Waals surface area contributed by atoms with Crippen LogP contribution in [0.25, 0.3) is 0 Å². The third kappa shape index (κ3) is 3.38. The molecule has 0 aromatic heterocycles. The van der Waals surface area contributed by atoms with Crippen LogP contribution in [0.4, 0.5) is 11.4 Å². The average molecular weight is 290 g/mol. The Morgan fingerprint density at radius 1 is 1.48 bits per heavy atom. The number of benzene rings is 1. The van der Waals surface area contributed by atoms with Gasteiger partial charge in [-0.25, -0.2) is 0 Å². The first-order valence-corrected chi connectivity index (χ1v) is 7.53. The van der Waals surface area contributed by atoms with Gasteiger partial charge in [-0.1, -0.05) is 13.0 Å². The molecule has 0 saturated carbocycles. The summed E-state index contributed by atoms with van der Waals surface area (Å²) in [7, 11) is 1.73. The number of hydrogen-bond donors (Lipinski definition) is 1. The summed E-state index contributed by atoms with van der Waals surface area (Å²) in [6, 6.07) is 6.22. The lowest BCUT2D eigenvalue weighted by Crippen LogP contribution is -2.49. The van der Waals surface area contributed by atoms with Crippen molar-refractivity contribution in [3.63, 3.8) is 0 Å². The van der Waals surface area contributed by atoms with Gasteiger partial charge in [-0.3, -0.25) is 4.79 Å². The minimum absolute atomic E-state index is 0.0403. The Kier molecular flexibility index (Phi) is 4.57. The second-order valence-corrected chi connectivity index (χ2v) is 6.52. The molecule has 4 nitrogen and oxygen atoms in total. The van der Waals surface area contributed by atoms with Crippen molar-refractivity contribution in [2.45, 2.75) is 45.6 Å². The first-order valence-electron chi connectivity index (χ1n) is 7.53. The van der Waals surface area contributed by atoms with E-state index < -0.39 is 0 Å². The molecule has 2 rings (SSSR count). The van der Waals surface area contributed by atoms with Crippen LogP contribution in [-0.2, 0) is 9.53 Å². The first-order chi connectivity index (χ1) is 9.85. The number of rotatable bonds is 4. The number of amides is 1. The van der Waals surface area contributed by atoms with Gasteiger partial charge < -0.3 is 15.0 Å². The molecule has 1 aliphatic heterocycles. The van der Waals surface area contributed by atoms with E-state index in [0.717, 1.165) is 18.7 Å². The minimum atomic E-state index is -0.0403. The summed E-state index contributed by atoms with van der Waals surface area (Å²) < 4.78 is 5.26. The van der Waals surface area contributed by atoms with E-state index in [2.05, 4.69) is 43.1 Å². The van der Waals surface area contributed by atoms with Crippen molar-refractivity contribution in [3.05, 3.63) is 23.8 Å². The van der Waals surface area contributed by atoms with Gasteiger partial charge in [0, 0.05) is 37.5 Å². The maximum Gasteiger partial charge on any atom is 0.221 e. The SMILES string of the molecule is COCCN1c2cc(NC(C)=O)ccc2C(C)CC1(C)C. The normalized spacial score (nSPS) is 20.0. The van der Waals surface area contributed by atoms with Crippen LogP contribution < -0.4 is 10.2 Å². The smallest absolute Gasteiger partial charge is 0.221 e. The third-order valence-electron chi connectivity index (χ3n) is 4.23. The van der Waals surface area contributed by atoms with Crippen LogP contribution in [0, 0.1) is 0 Å². The maximum absolute atomic E-state index is 11.3. The van der Waals surface area contributed by atoms with E-state index in [0.29, 0.717) is 12.5 Å². The summed E-state index contributed by atoms with van der Waals surface area (Å²) >= 11 is 0. The fourth-order valence-electron chi connectivity index (χ4n) is 3.38. The molecule has 116 valence electrons. The number of hydrogen-bond acceptors (Lipinski definition) is 3. The van der Waals surface area contributed by atoms with Gasteiger partial charge >= 0.3 is 0 Å². The largest absolute Gasteiger partial charge is 0.383 e. The monoisotopic (exact) mass is 290 g/mol. The molecule has 0 aliphatic carbocycles. The van der Waals surface area contributed by atoms with Gasteiger partial charge in [-0.05, 0) is 43.9 Å². The van der Waals surface area contributed by atoms with Crippen molar-refractivity contribution in [2.24, 2.45) is 0 Å². The Hall–Kier alpha value is -1.55. The van der Waals surface area contributed by atoms with Crippen LogP contribution >= 0.6 is 0 Å². The number of nitrogens with zero attached hydrogens (tertiary/aromatic N) is 1. The van der Waals surface area contributed by atoms with Gasteiger partial charge in [0.1, 0.15) is 0 Å². The maximum atomic E-state index is 11.3. The van der Waals surface area contributed by atoms with Crippen molar-refractivity contribution < 1.29 is 9.53 Å². The quantitative estimate of drug-likeness (QED) is 0.924. The summed E-state index contributed by atoms with van der Waals surface area (Å²) in [5.74, 6) is 0.474. The highest BCUT2D eigenvalue weighted by Crippen LogP contribution is 2.44. The second-order valence-electron chi connectivity index (χ2n) is 6.52. The molecule has 0 radical (unpaired) electrons. The van der Waals surface area contributed by atoms with Gasteiger partial charge in [-0.2, -0.15) is 0 Å². The van der Waals surface area contributed by atoms with Crippen LogP contribution in [0.3, 0.4) is 0 Å². The predicted molar refractivity (Wildman–Crippen MR) is 87.1 cm³/mol. The highest BCUT2D eigenvalue weighted by Gasteiger charge is 2.36. The zero-order valence-electron chi connectivity index (χ0n) is 13.7. The van der Waals surface area contributed by atoms with Crippen LogP contribution in [-0.4, -0.2) is 31.7 Å². The number of nitrogens with one attached hydrogen (secondary N) is 1. The number of carbonyl (C=O) groups excluding carboxylic acids is 1. The molecule has 0 bridgehead atoms. The summed E-state index contributed by atoms with van der Waals surface area (Å²) in [4.78, 5) is 13.7. The molecule has 0 spiro atoms. The van der Waals surface area contributed by atoms with Gasteiger partial charge in [0.15, 0.2) is 0 Å². The lowest BCUT2D eigenvalue weighted by molar-refractivity contribution is -0.114. The Morgan fingerprint density at radius 2 is 2.19 bits per heavy atom. The van der Waals surface area contributed by atoms with Crippen LogP contribution in [0.5, 0.6) is 0 Å². The Balaban J connectivity index is 2.42. The van der Waals surface area contributed by atoms with E-state index in [1.54, 1.807) is 7.11 Å².